The molecule has 0 aromatic carbocycles. The highest BCUT2D eigenvalue weighted by molar-refractivity contribution is 7.99. The minimum atomic E-state index is 0.0280. The van der Waals surface area contributed by atoms with Crippen LogP contribution in [0.25, 0.3) is 0 Å². The first-order valence-electron chi connectivity index (χ1n) is 5.83. The maximum atomic E-state index is 11.9. The van der Waals surface area contributed by atoms with Crippen molar-refractivity contribution in [3.63, 3.8) is 0 Å². The molecule has 0 spiro atoms. The second-order valence-electron chi connectivity index (χ2n) is 4.45. The summed E-state index contributed by atoms with van der Waals surface area (Å²) in [7, 11) is 0. The van der Waals surface area contributed by atoms with E-state index in [1.807, 2.05) is 18.7 Å². The summed E-state index contributed by atoms with van der Waals surface area (Å²) in [6.45, 7) is 2.73. The molecule has 2 aliphatic rings. The van der Waals surface area contributed by atoms with E-state index < -0.39 is 0 Å². The van der Waals surface area contributed by atoms with Crippen molar-refractivity contribution in [3.05, 3.63) is 11.0 Å². The lowest BCUT2D eigenvalue weighted by Crippen LogP contribution is -2.43. The van der Waals surface area contributed by atoms with Crippen LogP contribution in [0.1, 0.15) is 12.1 Å². The number of rotatable bonds is 0. The molecule has 5 nitrogen and oxygen atoms in total. The van der Waals surface area contributed by atoms with Crippen molar-refractivity contribution in [2.75, 3.05) is 28.3 Å². The van der Waals surface area contributed by atoms with Gasteiger partial charge in [0, 0.05) is 30.5 Å². The van der Waals surface area contributed by atoms with E-state index in [1.54, 1.807) is 0 Å². The van der Waals surface area contributed by atoms with Gasteiger partial charge >= 0.3 is 0 Å². The van der Waals surface area contributed by atoms with Crippen LogP contribution in [-0.4, -0.2) is 40.0 Å². The minimum absolute atomic E-state index is 0.0280. The largest absolute Gasteiger partial charge is 0.350 e. The third kappa shape index (κ3) is 2.03. The van der Waals surface area contributed by atoms with Crippen LogP contribution in [0.15, 0.2) is 0 Å². The fourth-order valence-corrected chi connectivity index (χ4v) is 3.65. The van der Waals surface area contributed by atoms with Crippen molar-refractivity contribution in [1.29, 1.82) is 0 Å². The first-order chi connectivity index (χ1) is 8.65. The number of fused-ring (bicyclic) bond motifs is 3. The molecule has 0 saturated carbocycles. The van der Waals surface area contributed by atoms with Crippen molar-refractivity contribution in [1.82, 2.24) is 9.97 Å². The summed E-state index contributed by atoms with van der Waals surface area (Å²) in [6.07, 6.45) is 0.500. The number of halogens is 1. The molecule has 1 amide bonds. The van der Waals surface area contributed by atoms with Crippen LogP contribution >= 0.6 is 23.4 Å². The van der Waals surface area contributed by atoms with Gasteiger partial charge in [0.1, 0.15) is 5.69 Å². The molecule has 3 rings (SSSR count). The van der Waals surface area contributed by atoms with E-state index in [1.165, 1.54) is 0 Å². The van der Waals surface area contributed by atoms with Gasteiger partial charge in [-0.25, -0.2) is 4.98 Å². The zero-order valence-corrected chi connectivity index (χ0v) is 11.5. The Morgan fingerprint density at radius 2 is 2.33 bits per heavy atom. The summed E-state index contributed by atoms with van der Waals surface area (Å²) in [6, 6.07) is 0.204. The molecule has 0 bridgehead atoms. The van der Waals surface area contributed by atoms with E-state index in [2.05, 4.69) is 20.2 Å². The Hall–Kier alpha value is -1.01. The van der Waals surface area contributed by atoms with Crippen LogP contribution in [0.2, 0.25) is 5.28 Å². The topological polar surface area (TPSA) is 58.1 Å². The number of carbonyl (C=O) groups excluding carboxylic acids is 1. The molecular weight excluding hydrogens is 272 g/mol. The molecule has 1 aromatic rings. The van der Waals surface area contributed by atoms with Gasteiger partial charge in [-0.05, 0) is 18.5 Å². The Balaban J connectivity index is 2.12. The Kier molecular flexibility index (Phi) is 3.07. The molecule has 1 fully saturated rings. The Labute approximate surface area is 114 Å². The zero-order chi connectivity index (χ0) is 12.7. The number of anilines is 2. The number of hydrogen-bond acceptors (Lipinski definition) is 5. The van der Waals surface area contributed by atoms with Crippen molar-refractivity contribution < 1.29 is 4.79 Å². The van der Waals surface area contributed by atoms with Crippen LogP contribution in [-0.2, 0) is 4.79 Å². The molecular formula is C11H13ClN4OS. The summed E-state index contributed by atoms with van der Waals surface area (Å²) in [5.41, 5.74) is 1.43. The zero-order valence-electron chi connectivity index (χ0n) is 9.94. The average Bonchev–Trinajstić information content (AvgIpc) is 2.46. The lowest BCUT2D eigenvalue weighted by molar-refractivity contribution is -0.116. The van der Waals surface area contributed by atoms with E-state index in [-0.39, 0.29) is 17.2 Å². The minimum Gasteiger partial charge on any atom is -0.350 e. The van der Waals surface area contributed by atoms with Crippen LogP contribution in [0.4, 0.5) is 11.5 Å². The van der Waals surface area contributed by atoms with Crippen LogP contribution < -0.4 is 10.2 Å². The van der Waals surface area contributed by atoms with Gasteiger partial charge in [0.15, 0.2) is 5.82 Å². The molecule has 1 aromatic heterocycles. The molecule has 7 heteroatoms. The highest BCUT2D eigenvalue weighted by Gasteiger charge is 2.32. The number of hydrogen-bond donors (Lipinski definition) is 1. The molecule has 1 saturated heterocycles. The maximum Gasteiger partial charge on any atom is 0.226 e. The Bertz CT molecular complexity index is 510. The van der Waals surface area contributed by atoms with Gasteiger partial charge < -0.3 is 10.2 Å². The van der Waals surface area contributed by atoms with E-state index >= 15 is 0 Å². The summed E-state index contributed by atoms with van der Waals surface area (Å²) in [5.74, 6) is 2.79. The third-order valence-electron chi connectivity index (χ3n) is 3.23. The SMILES string of the molecule is Cc1nc(Cl)nc2c1NC(=O)CC1CSCCN21. The summed E-state index contributed by atoms with van der Waals surface area (Å²) in [5, 5.41) is 3.14. The first-order valence-corrected chi connectivity index (χ1v) is 7.37. The van der Waals surface area contributed by atoms with Gasteiger partial charge in [0.05, 0.1) is 5.69 Å². The van der Waals surface area contributed by atoms with Crippen molar-refractivity contribution in [2.45, 2.75) is 19.4 Å². The van der Waals surface area contributed by atoms with Gasteiger partial charge in [0.25, 0.3) is 0 Å². The fourth-order valence-electron chi connectivity index (χ4n) is 2.39. The van der Waals surface area contributed by atoms with Crippen molar-refractivity contribution in [2.24, 2.45) is 0 Å². The van der Waals surface area contributed by atoms with Crippen molar-refractivity contribution >= 4 is 40.8 Å². The van der Waals surface area contributed by atoms with Gasteiger partial charge in [-0.15, -0.1) is 0 Å². The first kappa shape index (κ1) is 12.0. The van der Waals surface area contributed by atoms with E-state index in [0.29, 0.717) is 12.1 Å². The average molecular weight is 285 g/mol. The predicted octanol–water partition coefficient (Wildman–Crippen LogP) is 1.70. The second kappa shape index (κ2) is 4.59. The van der Waals surface area contributed by atoms with Gasteiger partial charge in [-0.3, -0.25) is 4.79 Å². The van der Waals surface area contributed by atoms with E-state index in [0.717, 1.165) is 29.6 Å². The highest BCUT2D eigenvalue weighted by atomic mass is 35.5. The second-order valence-corrected chi connectivity index (χ2v) is 5.94. The molecule has 0 radical (unpaired) electrons. The Morgan fingerprint density at radius 3 is 3.17 bits per heavy atom. The molecule has 2 aliphatic heterocycles. The molecule has 1 unspecified atom stereocenters. The van der Waals surface area contributed by atoms with E-state index in [4.69, 9.17) is 11.6 Å². The van der Waals surface area contributed by atoms with Gasteiger partial charge in [-0.2, -0.15) is 16.7 Å². The molecule has 1 atom stereocenters. The number of thioether (sulfide) groups is 1. The third-order valence-corrected chi connectivity index (χ3v) is 4.49. The summed E-state index contributed by atoms with van der Waals surface area (Å²) in [4.78, 5) is 22.5. The Morgan fingerprint density at radius 1 is 1.50 bits per heavy atom. The molecule has 0 aliphatic carbocycles. The molecule has 96 valence electrons. The highest BCUT2D eigenvalue weighted by Crippen LogP contribution is 2.35. The monoisotopic (exact) mass is 284 g/mol. The van der Waals surface area contributed by atoms with Gasteiger partial charge in [0.2, 0.25) is 11.2 Å². The standard InChI is InChI=1S/C11H13ClN4OS/c1-6-9-10(15-11(12)13-6)16-2-3-18-5-7(16)4-8(17)14-9/h7H,2-5H2,1H3,(H,14,17). The number of nitrogens with one attached hydrogen (secondary N) is 1. The number of nitrogens with zero attached hydrogens (tertiary/aromatic N) is 3. The summed E-state index contributed by atoms with van der Waals surface area (Å²) < 4.78 is 0. The molecule has 18 heavy (non-hydrogen) atoms. The normalized spacial score (nSPS) is 22.9. The van der Waals surface area contributed by atoms with E-state index in [9.17, 15) is 4.79 Å². The smallest absolute Gasteiger partial charge is 0.226 e. The number of aryl methyl sites for hydroxylation is 1. The number of amides is 1. The fraction of sp³-hybridized carbons (Fsp3) is 0.545. The lowest BCUT2D eigenvalue weighted by Gasteiger charge is -2.34. The number of aromatic nitrogens is 2. The molecule has 3 heterocycles. The lowest BCUT2D eigenvalue weighted by atomic mass is 10.2. The molecule has 1 N–H and O–H groups in total. The number of carbonyl (C=O) groups is 1. The quantitative estimate of drug-likeness (QED) is 0.735. The van der Waals surface area contributed by atoms with Crippen molar-refractivity contribution in [3.8, 4) is 0 Å². The predicted molar refractivity (Wildman–Crippen MR) is 73.5 cm³/mol. The summed E-state index contributed by atoms with van der Waals surface area (Å²) >= 11 is 7.81. The van der Waals surface area contributed by atoms with Crippen LogP contribution in [0.3, 0.4) is 0 Å². The maximum absolute atomic E-state index is 11.9. The van der Waals surface area contributed by atoms with Crippen LogP contribution in [0.5, 0.6) is 0 Å². The van der Waals surface area contributed by atoms with Gasteiger partial charge in [-0.1, -0.05) is 0 Å². The van der Waals surface area contributed by atoms with Crippen LogP contribution in [0, 0.1) is 6.92 Å².